The van der Waals surface area contributed by atoms with Gasteiger partial charge in [0.05, 0.1) is 6.10 Å². The Morgan fingerprint density at radius 3 is 1.89 bits per heavy atom. The van der Waals surface area contributed by atoms with Crippen LogP contribution < -0.4 is 0 Å². The second-order valence-electron chi connectivity index (χ2n) is 9.55. The van der Waals surface area contributed by atoms with E-state index in [1.165, 1.54) is 12.8 Å². The first-order valence-corrected chi connectivity index (χ1v) is 11.7. The first-order chi connectivity index (χ1) is 13.5. The summed E-state index contributed by atoms with van der Waals surface area (Å²) >= 11 is 0. The maximum absolute atomic E-state index is 14.7. The molecule has 0 aromatic rings. The molecular weight excluding hydrogens is 368 g/mol. The summed E-state index contributed by atoms with van der Waals surface area (Å²) in [6.45, 7) is 2.28. The molecule has 3 aliphatic carbocycles. The van der Waals surface area contributed by atoms with Crippen molar-refractivity contribution < 1.29 is 22.3 Å². The Labute approximate surface area is 168 Å². The Balaban J connectivity index is 1.40. The van der Waals surface area contributed by atoms with Crippen LogP contribution in [0, 0.1) is 29.6 Å². The van der Waals surface area contributed by atoms with Gasteiger partial charge in [0.2, 0.25) is 6.43 Å². The maximum Gasteiger partial charge on any atom is 0.238 e. The van der Waals surface area contributed by atoms with Gasteiger partial charge in [-0.05, 0) is 94.3 Å². The molecule has 0 radical (unpaired) electrons. The van der Waals surface area contributed by atoms with Crippen LogP contribution in [0.1, 0.15) is 84.0 Å². The smallest absolute Gasteiger partial charge is 0.238 e. The highest BCUT2D eigenvalue weighted by molar-refractivity contribution is 4.94. The topological polar surface area (TPSA) is 9.23 Å². The fourth-order valence-corrected chi connectivity index (χ4v) is 6.36. The molecule has 4 unspecified atom stereocenters. The number of alkyl halides is 4. The molecule has 0 aromatic carbocycles. The van der Waals surface area contributed by atoms with Gasteiger partial charge in [-0.3, -0.25) is 0 Å². The Hall–Kier alpha value is -0.320. The highest BCUT2D eigenvalue weighted by atomic mass is 19.3. The molecule has 0 saturated heterocycles. The van der Waals surface area contributed by atoms with E-state index in [2.05, 4.69) is 0 Å². The monoisotopic (exact) mass is 406 g/mol. The van der Waals surface area contributed by atoms with E-state index < -0.39 is 24.9 Å². The summed E-state index contributed by atoms with van der Waals surface area (Å²) in [5, 5.41) is 0. The highest BCUT2D eigenvalue weighted by Crippen LogP contribution is 2.47. The molecule has 1 nitrogen and oxygen atoms in total. The van der Waals surface area contributed by atoms with Crippen molar-refractivity contribution in [3.05, 3.63) is 0 Å². The van der Waals surface area contributed by atoms with Crippen molar-refractivity contribution in [1.82, 2.24) is 0 Å². The second kappa shape index (κ2) is 10.6. The Kier molecular flexibility index (Phi) is 8.49. The van der Waals surface area contributed by atoms with E-state index in [0.29, 0.717) is 43.1 Å². The molecule has 0 spiro atoms. The second-order valence-corrected chi connectivity index (χ2v) is 9.55. The zero-order valence-electron chi connectivity index (χ0n) is 17.3. The van der Waals surface area contributed by atoms with Crippen LogP contribution >= 0.6 is 0 Å². The summed E-state index contributed by atoms with van der Waals surface area (Å²) in [7, 11) is 0. The summed E-state index contributed by atoms with van der Waals surface area (Å²) in [4.78, 5) is 0. The average molecular weight is 407 g/mol. The molecule has 164 valence electrons. The van der Waals surface area contributed by atoms with Gasteiger partial charge in [-0.15, -0.1) is 0 Å². The minimum absolute atomic E-state index is 0.0476. The van der Waals surface area contributed by atoms with Gasteiger partial charge in [-0.1, -0.05) is 12.8 Å². The van der Waals surface area contributed by atoms with Crippen molar-refractivity contribution >= 4 is 0 Å². The van der Waals surface area contributed by atoms with E-state index in [1.54, 1.807) is 0 Å². The predicted molar refractivity (Wildman–Crippen MR) is 104 cm³/mol. The molecule has 0 N–H and O–H groups in total. The van der Waals surface area contributed by atoms with Crippen LogP contribution in [0.5, 0.6) is 0 Å². The Bertz CT molecular complexity index is 444. The van der Waals surface area contributed by atoms with Crippen LogP contribution in [0.2, 0.25) is 0 Å². The van der Waals surface area contributed by atoms with Crippen LogP contribution in [0.25, 0.3) is 0 Å². The first kappa shape index (κ1) is 22.4. The van der Waals surface area contributed by atoms with Gasteiger partial charge in [0.15, 0.2) is 6.17 Å². The zero-order valence-corrected chi connectivity index (χ0v) is 17.3. The fraction of sp³-hybridized carbons (Fsp3) is 1.00. The molecule has 3 saturated carbocycles. The van der Waals surface area contributed by atoms with Gasteiger partial charge in [0.1, 0.15) is 6.17 Å². The standard InChI is InChI=1S/C23H38F4O/c1-2-28-20-13-12-19(22(26)23(20)27)18-10-8-17(9-11-18)16-6-3-15(4-7-16)5-14-21(24)25/h15-23H,2-14H2,1H3. The van der Waals surface area contributed by atoms with Crippen molar-refractivity contribution in [2.75, 3.05) is 6.61 Å². The third kappa shape index (κ3) is 5.64. The van der Waals surface area contributed by atoms with Gasteiger partial charge in [-0.25, -0.2) is 17.6 Å². The number of hydrogen-bond donors (Lipinski definition) is 0. The minimum Gasteiger partial charge on any atom is -0.375 e. The SMILES string of the molecule is CCOC1CCC(C2CCC(C3CCC(CCC(F)F)CC3)CC2)C(F)C1F. The lowest BCUT2D eigenvalue weighted by Gasteiger charge is -2.43. The molecule has 0 heterocycles. The van der Waals surface area contributed by atoms with E-state index in [4.69, 9.17) is 4.74 Å². The molecule has 0 aromatic heterocycles. The highest BCUT2D eigenvalue weighted by Gasteiger charge is 2.45. The van der Waals surface area contributed by atoms with Crippen LogP contribution in [-0.4, -0.2) is 31.5 Å². The summed E-state index contributed by atoms with van der Waals surface area (Å²) < 4.78 is 59.3. The molecule has 0 amide bonds. The summed E-state index contributed by atoms with van der Waals surface area (Å²) in [6.07, 6.45) is 5.35. The molecule has 28 heavy (non-hydrogen) atoms. The molecule has 4 atom stereocenters. The number of rotatable bonds is 7. The lowest BCUT2D eigenvalue weighted by atomic mass is 9.65. The van der Waals surface area contributed by atoms with Gasteiger partial charge in [0.25, 0.3) is 0 Å². The Morgan fingerprint density at radius 2 is 1.32 bits per heavy atom. The maximum atomic E-state index is 14.7. The number of hydrogen-bond acceptors (Lipinski definition) is 1. The van der Waals surface area contributed by atoms with Crippen molar-refractivity contribution in [2.45, 2.75) is 109 Å². The minimum atomic E-state index is -2.17. The van der Waals surface area contributed by atoms with Crippen LogP contribution in [0.4, 0.5) is 17.6 Å². The molecule has 0 aliphatic heterocycles. The molecule has 0 bridgehead atoms. The molecule has 5 heteroatoms. The largest absolute Gasteiger partial charge is 0.375 e. The number of halogens is 4. The van der Waals surface area contributed by atoms with Crippen molar-refractivity contribution in [3.8, 4) is 0 Å². The molecule has 3 fully saturated rings. The number of ether oxygens (including phenoxy) is 1. The quantitative estimate of drug-likeness (QED) is 0.408. The van der Waals surface area contributed by atoms with E-state index in [-0.39, 0.29) is 12.3 Å². The van der Waals surface area contributed by atoms with E-state index in [1.807, 2.05) is 6.92 Å². The van der Waals surface area contributed by atoms with Gasteiger partial charge < -0.3 is 4.74 Å². The van der Waals surface area contributed by atoms with Gasteiger partial charge in [-0.2, -0.15) is 0 Å². The van der Waals surface area contributed by atoms with Crippen LogP contribution in [0.3, 0.4) is 0 Å². The van der Waals surface area contributed by atoms with E-state index in [0.717, 1.165) is 44.9 Å². The lowest BCUT2D eigenvalue weighted by molar-refractivity contribution is -0.0852. The predicted octanol–water partition coefficient (Wildman–Crippen LogP) is 7.14. The summed E-state index contributed by atoms with van der Waals surface area (Å²) in [6, 6.07) is 0. The van der Waals surface area contributed by atoms with Crippen molar-refractivity contribution in [2.24, 2.45) is 29.6 Å². The van der Waals surface area contributed by atoms with Crippen LogP contribution in [0.15, 0.2) is 0 Å². The zero-order chi connectivity index (χ0) is 20.1. The van der Waals surface area contributed by atoms with E-state index >= 15 is 0 Å². The van der Waals surface area contributed by atoms with Crippen molar-refractivity contribution in [3.63, 3.8) is 0 Å². The summed E-state index contributed by atoms with van der Waals surface area (Å²) in [5.41, 5.74) is 0. The summed E-state index contributed by atoms with van der Waals surface area (Å²) in [5.74, 6) is 2.07. The van der Waals surface area contributed by atoms with Crippen molar-refractivity contribution in [1.29, 1.82) is 0 Å². The Morgan fingerprint density at radius 1 is 0.750 bits per heavy atom. The molecule has 3 rings (SSSR count). The van der Waals surface area contributed by atoms with Gasteiger partial charge >= 0.3 is 0 Å². The lowest BCUT2D eigenvalue weighted by Crippen LogP contribution is -2.46. The fourth-order valence-electron chi connectivity index (χ4n) is 6.36. The third-order valence-corrected chi connectivity index (χ3v) is 8.01. The molecule has 3 aliphatic rings. The third-order valence-electron chi connectivity index (χ3n) is 8.01. The first-order valence-electron chi connectivity index (χ1n) is 11.7. The van der Waals surface area contributed by atoms with Gasteiger partial charge in [0, 0.05) is 13.0 Å². The van der Waals surface area contributed by atoms with E-state index in [9.17, 15) is 17.6 Å². The average Bonchev–Trinajstić information content (AvgIpc) is 2.71. The normalized spacial score (nSPS) is 42.6. The molecular formula is C23H38F4O. The van der Waals surface area contributed by atoms with Crippen LogP contribution in [-0.2, 0) is 4.74 Å².